The lowest BCUT2D eigenvalue weighted by molar-refractivity contribution is 0.00760. The van der Waals surface area contributed by atoms with E-state index in [1.165, 1.54) is 0 Å². The van der Waals surface area contributed by atoms with Gasteiger partial charge in [0.1, 0.15) is 17.2 Å². The Balaban J connectivity index is 0.00000196. The highest BCUT2D eigenvalue weighted by molar-refractivity contribution is 5.88. The highest BCUT2D eigenvalue weighted by Crippen LogP contribution is 2.36. The molecule has 1 saturated carbocycles. The molecule has 2 heterocycles. The number of aliphatic hydroxyl groups is 1. The second kappa shape index (κ2) is 8.93. The van der Waals surface area contributed by atoms with Gasteiger partial charge in [-0.2, -0.15) is 0 Å². The number of halogens is 1. The Morgan fingerprint density at radius 1 is 1.15 bits per heavy atom. The van der Waals surface area contributed by atoms with Crippen molar-refractivity contribution in [1.29, 1.82) is 0 Å². The summed E-state index contributed by atoms with van der Waals surface area (Å²) in [7, 11) is 0. The number of nitrogens with one attached hydrogen (secondary N) is 1. The Kier molecular flexibility index (Phi) is 6.62. The van der Waals surface area contributed by atoms with Crippen molar-refractivity contribution in [1.82, 2.24) is 10.5 Å². The van der Waals surface area contributed by atoms with E-state index < -0.39 is 6.10 Å². The van der Waals surface area contributed by atoms with Crippen LogP contribution in [0.4, 0.5) is 0 Å². The molecule has 2 fully saturated rings. The maximum atomic E-state index is 10.2. The van der Waals surface area contributed by atoms with Crippen LogP contribution in [0.25, 0.3) is 11.0 Å². The van der Waals surface area contributed by atoms with E-state index in [2.05, 4.69) is 10.5 Å². The van der Waals surface area contributed by atoms with Gasteiger partial charge in [-0.1, -0.05) is 12.5 Å². The smallest absolute Gasteiger partial charge is 0.265 e. The van der Waals surface area contributed by atoms with Gasteiger partial charge in [-0.05, 0) is 68.4 Å². The van der Waals surface area contributed by atoms with Gasteiger partial charge >= 0.3 is 0 Å². The molecule has 1 aliphatic carbocycles. The number of rotatable bonds is 5. The highest BCUT2D eigenvalue weighted by Gasteiger charge is 2.26. The Morgan fingerprint density at radius 2 is 1.96 bits per heavy atom. The second-order valence-corrected chi connectivity index (χ2v) is 7.13. The van der Waals surface area contributed by atoms with Crippen molar-refractivity contribution in [3.8, 4) is 11.6 Å². The van der Waals surface area contributed by atoms with Crippen LogP contribution in [-0.2, 0) is 0 Å². The summed E-state index contributed by atoms with van der Waals surface area (Å²) >= 11 is 0. The molecule has 0 radical (unpaired) electrons. The van der Waals surface area contributed by atoms with Gasteiger partial charge in [-0.15, -0.1) is 12.4 Å². The van der Waals surface area contributed by atoms with E-state index in [0.29, 0.717) is 29.7 Å². The van der Waals surface area contributed by atoms with Crippen LogP contribution in [-0.4, -0.2) is 42.2 Å². The number of aliphatic hydroxyl groups excluding tert-OH is 1. The average molecular weight is 383 g/mol. The number of hydrogen-bond acceptors (Lipinski definition) is 6. The van der Waals surface area contributed by atoms with E-state index in [9.17, 15) is 5.11 Å². The minimum atomic E-state index is -0.414. The van der Waals surface area contributed by atoms with Gasteiger partial charge < -0.3 is 24.4 Å². The molecule has 2 N–H and O–H groups in total. The molecular weight excluding hydrogens is 356 g/mol. The second-order valence-electron chi connectivity index (χ2n) is 7.13. The first-order valence-corrected chi connectivity index (χ1v) is 9.38. The number of ether oxygens (including phenoxy) is 2. The Labute approximate surface area is 159 Å². The monoisotopic (exact) mass is 382 g/mol. The van der Waals surface area contributed by atoms with Crippen molar-refractivity contribution in [3.63, 3.8) is 0 Å². The molecule has 0 amide bonds. The van der Waals surface area contributed by atoms with Gasteiger partial charge in [0, 0.05) is 0 Å². The van der Waals surface area contributed by atoms with Crippen LogP contribution in [0.15, 0.2) is 22.7 Å². The van der Waals surface area contributed by atoms with E-state index in [4.69, 9.17) is 14.0 Å². The summed E-state index contributed by atoms with van der Waals surface area (Å²) in [5, 5.41) is 18.4. The third-order valence-electron chi connectivity index (χ3n) is 5.29. The van der Waals surface area contributed by atoms with Crippen molar-refractivity contribution < 1.29 is 19.1 Å². The third-order valence-corrected chi connectivity index (χ3v) is 5.29. The lowest BCUT2D eigenvalue weighted by Gasteiger charge is -2.28. The highest BCUT2D eigenvalue weighted by atomic mass is 35.5. The van der Waals surface area contributed by atoms with E-state index in [0.717, 1.165) is 57.0 Å². The third kappa shape index (κ3) is 4.24. The molecule has 2 aromatic rings. The molecule has 1 aromatic carbocycles. The van der Waals surface area contributed by atoms with Gasteiger partial charge in [0.05, 0.1) is 12.7 Å². The molecule has 0 bridgehead atoms. The standard InChI is InChI=1S/C19H26N2O4.ClH/c22-14-4-1-2-5-15(14)24-16-6-3-7-17-18(16)19(21-25-17)23-12-13-8-10-20-11-9-13;/h3,6-7,13-15,20,22H,1-2,4-5,8-12H2;1H/t14-,15+;/m1./s1. The van der Waals surface area contributed by atoms with Crippen molar-refractivity contribution in [3.05, 3.63) is 18.2 Å². The SMILES string of the molecule is Cl.O[C@@H]1CCCC[C@@H]1Oc1cccc2onc(OCC3CCNCC3)c12. The number of nitrogens with zero attached hydrogens (tertiary/aromatic N) is 1. The van der Waals surface area contributed by atoms with Crippen LogP contribution in [0.1, 0.15) is 38.5 Å². The summed E-state index contributed by atoms with van der Waals surface area (Å²) in [6.45, 7) is 2.73. The van der Waals surface area contributed by atoms with Gasteiger partial charge in [-0.3, -0.25) is 0 Å². The van der Waals surface area contributed by atoms with Crippen LogP contribution in [0.3, 0.4) is 0 Å². The number of aromatic nitrogens is 1. The zero-order valence-corrected chi connectivity index (χ0v) is 15.7. The Bertz CT molecular complexity index is 702. The van der Waals surface area contributed by atoms with Crippen molar-refractivity contribution >= 4 is 23.4 Å². The van der Waals surface area contributed by atoms with Crippen molar-refractivity contribution in [2.75, 3.05) is 19.7 Å². The topological polar surface area (TPSA) is 76.8 Å². The fourth-order valence-electron chi connectivity index (χ4n) is 3.75. The first-order chi connectivity index (χ1) is 12.3. The molecule has 2 atom stereocenters. The molecular formula is C19H27ClN2O4. The predicted molar refractivity (Wildman–Crippen MR) is 101 cm³/mol. The zero-order valence-electron chi connectivity index (χ0n) is 14.9. The maximum Gasteiger partial charge on any atom is 0.265 e. The van der Waals surface area contributed by atoms with Crippen molar-refractivity contribution in [2.45, 2.75) is 50.7 Å². The Morgan fingerprint density at radius 3 is 2.77 bits per heavy atom. The number of fused-ring (bicyclic) bond motifs is 1. The van der Waals surface area contributed by atoms with Gasteiger partial charge in [0.2, 0.25) is 0 Å². The Hall–Kier alpha value is -1.50. The molecule has 0 spiro atoms. The van der Waals surface area contributed by atoms with E-state index >= 15 is 0 Å². The van der Waals surface area contributed by atoms with Gasteiger partial charge in [0.25, 0.3) is 5.88 Å². The first kappa shape index (κ1) is 19.3. The molecule has 26 heavy (non-hydrogen) atoms. The molecule has 1 aromatic heterocycles. The van der Waals surface area contributed by atoms with Crippen LogP contribution < -0.4 is 14.8 Å². The summed E-state index contributed by atoms with van der Waals surface area (Å²) < 4.78 is 17.5. The largest absolute Gasteiger partial charge is 0.487 e. The normalized spacial score (nSPS) is 24.2. The molecule has 6 nitrogen and oxygen atoms in total. The number of hydrogen-bond donors (Lipinski definition) is 2. The fourth-order valence-corrected chi connectivity index (χ4v) is 3.75. The predicted octanol–water partition coefficient (Wildman–Crippen LogP) is 3.31. The minimum absolute atomic E-state index is 0. The van der Waals surface area contributed by atoms with E-state index in [1.54, 1.807) is 0 Å². The fraction of sp³-hybridized carbons (Fsp3) is 0.632. The maximum absolute atomic E-state index is 10.2. The number of benzene rings is 1. The molecule has 0 unspecified atom stereocenters. The molecule has 1 aliphatic heterocycles. The summed E-state index contributed by atoms with van der Waals surface area (Å²) in [6.07, 6.45) is 5.45. The molecule has 7 heteroatoms. The molecule has 144 valence electrons. The lowest BCUT2D eigenvalue weighted by Crippen LogP contribution is -2.34. The van der Waals surface area contributed by atoms with Crippen LogP contribution in [0, 0.1) is 5.92 Å². The number of piperidine rings is 1. The summed E-state index contributed by atoms with van der Waals surface area (Å²) in [5.41, 5.74) is 0.656. The van der Waals surface area contributed by atoms with Crippen LogP contribution in [0.5, 0.6) is 11.6 Å². The molecule has 4 rings (SSSR count). The van der Waals surface area contributed by atoms with E-state index in [-0.39, 0.29) is 18.5 Å². The summed E-state index contributed by atoms with van der Waals surface area (Å²) in [5.74, 6) is 1.72. The summed E-state index contributed by atoms with van der Waals surface area (Å²) in [4.78, 5) is 0. The lowest BCUT2D eigenvalue weighted by atomic mass is 9.95. The van der Waals surface area contributed by atoms with Crippen LogP contribution in [0.2, 0.25) is 0 Å². The zero-order chi connectivity index (χ0) is 17.1. The van der Waals surface area contributed by atoms with Crippen molar-refractivity contribution in [2.24, 2.45) is 5.92 Å². The van der Waals surface area contributed by atoms with E-state index in [1.807, 2.05) is 18.2 Å². The minimum Gasteiger partial charge on any atom is -0.487 e. The van der Waals surface area contributed by atoms with Crippen LogP contribution >= 0.6 is 12.4 Å². The van der Waals surface area contributed by atoms with Gasteiger partial charge in [0.15, 0.2) is 5.58 Å². The van der Waals surface area contributed by atoms with Gasteiger partial charge in [-0.25, -0.2) is 0 Å². The molecule has 1 saturated heterocycles. The molecule has 2 aliphatic rings. The quantitative estimate of drug-likeness (QED) is 0.826. The summed E-state index contributed by atoms with van der Waals surface area (Å²) in [6, 6.07) is 5.65. The average Bonchev–Trinajstić information content (AvgIpc) is 3.07. The first-order valence-electron chi connectivity index (χ1n) is 9.38.